The van der Waals surface area contributed by atoms with Crippen LogP contribution in [-0.2, 0) is 4.74 Å². The highest BCUT2D eigenvalue weighted by Gasteiger charge is 2.22. The van der Waals surface area contributed by atoms with Crippen LogP contribution in [0.4, 0.5) is 8.78 Å². The molecule has 3 rings (SSSR count). The highest BCUT2D eigenvalue weighted by molar-refractivity contribution is 5.65. The van der Waals surface area contributed by atoms with Crippen LogP contribution in [0.3, 0.4) is 0 Å². The number of ether oxygens (including phenoxy) is 2. The standard InChI is InChI=1S/C25H30F2O2/c1-3-5-6-7-21-13-12-20(17-29-21)18-8-10-19(11-9-18)22-14-15-23(28-16-4-2)25(27)24(22)26/h6-11,14-15,20-21H,3-5,12-13,16-17H2,1-2H3. The number of hydrogen-bond donors (Lipinski definition) is 0. The summed E-state index contributed by atoms with van der Waals surface area (Å²) in [7, 11) is 0. The first-order valence-electron chi connectivity index (χ1n) is 10.6. The minimum atomic E-state index is -0.928. The van der Waals surface area contributed by atoms with E-state index in [0.29, 0.717) is 24.7 Å². The molecule has 1 saturated heterocycles. The van der Waals surface area contributed by atoms with Crippen molar-refractivity contribution in [2.75, 3.05) is 13.2 Å². The third kappa shape index (κ3) is 5.45. The summed E-state index contributed by atoms with van der Waals surface area (Å²) in [5.74, 6) is -1.49. The molecule has 0 saturated carbocycles. The zero-order chi connectivity index (χ0) is 20.6. The van der Waals surface area contributed by atoms with Gasteiger partial charge in [0.25, 0.3) is 0 Å². The van der Waals surface area contributed by atoms with Crippen molar-refractivity contribution < 1.29 is 18.3 Å². The topological polar surface area (TPSA) is 18.5 Å². The van der Waals surface area contributed by atoms with Gasteiger partial charge in [0.15, 0.2) is 11.6 Å². The average Bonchev–Trinajstić information content (AvgIpc) is 2.76. The maximum atomic E-state index is 14.5. The van der Waals surface area contributed by atoms with Gasteiger partial charge in [-0.25, -0.2) is 4.39 Å². The molecule has 1 aliphatic heterocycles. The first kappa shape index (κ1) is 21.5. The minimum absolute atomic E-state index is 0.0355. The lowest BCUT2D eigenvalue weighted by molar-refractivity contribution is 0.0326. The fraction of sp³-hybridized carbons (Fsp3) is 0.440. The minimum Gasteiger partial charge on any atom is -0.490 e. The second-order valence-corrected chi connectivity index (χ2v) is 7.57. The second kappa shape index (κ2) is 10.5. The number of rotatable bonds is 8. The van der Waals surface area contributed by atoms with E-state index in [1.165, 1.54) is 11.6 Å². The smallest absolute Gasteiger partial charge is 0.201 e. The Kier molecular flexibility index (Phi) is 7.82. The van der Waals surface area contributed by atoms with Crippen LogP contribution in [0.2, 0.25) is 0 Å². The predicted octanol–water partition coefficient (Wildman–Crippen LogP) is 7.04. The van der Waals surface area contributed by atoms with E-state index >= 15 is 0 Å². The Bertz CT molecular complexity index is 806. The lowest BCUT2D eigenvalue weighted by atomic mass is 9.90. The summed E-state index contributed by atoms with van der Waals surface area (Å²) in [4.78, 5) is 0. The van der Waals surface area contributed by atoms with Crippen LogP contribution in [0.15, 0.2) is 48.6 Å². The Morgan fingerprint density at radius 1 is 1.00 bits per heavy atom. The molecule has 2 aromatic rings. The van der Waals surface area contributed by atoms with Crippen LogP contribution < -0.4 is 4.74 Å². The maximum absolute atomic E-state index is 14.5. The van der Waals surface area contributed by atoms with Gasteiger partial charge in [-0.2, -0.15) is 4.39 Å². The van der Waals surface area contributed by atoms with E-state index in [4.69, 9.17) is 9.47 Å². The number of unbranched alkanes of at least 4 members (excludes halogenated alkanes) is 1. The predicted molar refractivity (Wildman–Crippen MR) is 113 cm³/mol. The van der Waals surface area contributed by atoms with E-state index < -0.39 is 11.6 Å². The Labute approximate surface area is 172 Å². The molecule has 0 aliphatic carbocycles. The zero-order valence-electron chi connectivity index (χ0n) is 17.3. The molecule has 2 nitrogen and oxygen atoms in total. The van der Waals surface area contributed by atoms with E-state index in [-0.39, 0.29) is 17.4 Å². The SMILES string of the molecule is CCCC=CC1CCC(c2ccc(-c3ccc(OCCC)c(F)c3F)cc2)CO1. The summed E-state index contributed by atoms with van der Waals surface area (Å²) in [5.41, 5.74) is 2.08. The molecule has 1 fully saturated rings. The van der Waals surface area contributed by atoms with E-state index in [9.17, 15) is 8.78 Å². The molecule has 0 radical (unpaired) electrons. The largest absolute Gasteiger partial charge is 0.490 e. The lowest BCUT2D eigenvalue weighted by Crippen LogP contribution is -2.23. The fourth-order valence-corrected chi connectivity index (χ4v) is 3.61. The Hall–Kier alpha value is -2.20. The van der Waals surface area contributed by atoms with Gasteiger partial charge in [-0.1, -0.05) is 56.7 Å². The van der Waals surface area contributed by atoms with Crippen LogP contribution in [0.25, 0.3) is 11.1 Å². The van der Waals surface area contributed by atoms with Gasteiger partial charge in [-0.3, -0.25) is 0 Å². The van der Waals surface area contributed by atoms with Crippen molar-refractivity contribution in [2.45, 2.75) is 58.0 Å². The van der Waals surface area contributed by atoms with Gasteiger partial charge >= 0.3 is 0 Å². The van der Waals surface area contributed by atoms with Crippen LogP contribution >= 0.6 is 0 Å². The summed E-state index contributed by atoms with van der Waals surface area (Å²) in [6, 6.07) is 10.8. The molecular weight excluding hydrogens is 370 g/mol. The molecule has 0 aromatic heterocycles. The van der Waals surface area contributed by atoms with Crippen molar-refractivity contribution in [3.8, 4) is 16.9 Å². The molecule has 2 atom stereocenters. The van der Waals surface area contributed by atoms with Gasteiger partial charge in [-0.15, -0.1) is 0 Å². The van der Waals surface area contributed by atoms with Crippen LogP contribution in [0.5, 0.6) is 5.75 Å². The summed E-state index contributed by atoms with van der Waals surface area (Å²) in [6.07, 6.45) is 9.64. The normalized spacial score (nSPS) is 19.6. The van der Waals surface area contributed by atoms with Crippen molar-refractivity contribution >= 4 is 0 Å². The fourth-order valence-electron chi connectivity index (χ4n) is 3.61. The second-order valence-electron chi connectivity index (χ2n) is 7.57. The molecule has 4 heteroatoms. The van der Waals surface area contributed by atoms with Crippen molar-refractivity contribution in [1.82, 2.24) is 0 Å². The van der Waals surface area contributed by atoms with Crippen molar-refractivity contribution in [3.05, 3.63) is 65.7 Å². The molecule has 0 amide bonds. The van der Waals surface area contributed by atoms with Gasteiger partial charge < -0.3 is 9.47 Å². The lowest BCUT2D eigenvalue weighted by Gasteiger charge is -2.28. The molecule has 1 aliphatic rings. The summed E-state index contributed by atoms with van der Waals surface area (Å²) in [6.45, 7) is 5.14. The summed E-state index contributed by atoms with van der Waals surface area (Å²) >= 11 is 0. The molecule has 1 heterocycles. The summed E-state index contributed by atoms with van der Waals surface area (Å²) in [5, 5.41) is 0. The maximum Gasteiger partial charge on any atom is 0.201 e. The quantitative estimate of drug-likeness (QED) is 0.443. The van der Waals surface area contributed by atoms with Gasteiger partial charge in [0.05, 0.1) is 19.3 Å². The van der Waals surface area contributed by atoms with E-state index in [2.05, 4.69) is 19.1 Å². The van der Waals surface area contributed by atoms with Crippen LogP contribution in [-0.4, -0.2) is 19.3 Å². The van der Waals surface area contributed by atoms with Crippen LogP contribution in [0, 0.1) is 11.6 Å². The molecule has 29 heavy (non-hydrogen) atoms. The van der Waals surface area contributed by atoms with E-state index in [1.54, 1.807) is 6.07 Å². The Balaban J connectivity index is 1.66. The first-order chi connectivity index (χ1) is 14.1. The third-order valence-corrected chi connectivity index (χ3v) is 5.32. The van der Waals surface area contributed by atoms with Crippen molar-refractivity contribution in [3.63, 3.8) is 0 Å². The first-order valence-corrected chi connectivity index (χ1v) is 10.6. The molecule has 2 aromatic carbocycles. The van der Waals surface area contributed by atoms with Gasteiger partial charge in [-0.05, 0) is 48.9 Å². The van der Waals surface area contributed by atoms with Gasteiger partial charge in [0.2, 0.25) is 5.82 Å². The Morgan fingerprint density at radius 3 is 2.45 bits per heavy atom. The van der Waals surface area contributed by atoms with E-state index in [0.717, 1.165) is 32.1 Å². The van der Waals surface area contributed by atoms with Crippen molar-refractivity contribution in [2.24, 2.45) is 0 Å². The molecule has 2 unspecified atom stereocenters. The van der Waals surface area contributed by atoms with Crippen LogP contribution in [0.1, 0.15) is 57.4 Å². The number of hydrogen-bond acceptors (Lipinski definition) is 2. The summed E-state index contributed by atoms with van der Waals surface area (Å²) < 4.78 is 40.0. The molecule has 156 valence electrons. The van der Waals surface area contributed by atoms with Gasteiger partial charge in [0, 0.05) is 11.5 Å². The number of allylic oxidation sites excluding steroid dienone is 1. The highest BCUT2D eigenvalue weighted by atomic mass is 19.2. The monoisotopic (exact) mass is 400 g/mol. The molecule has 0 N–H and O–H groups in total. The number of benzene rings is 2. The molecular formula is C25H30F2O2. The average molecular weight is 401 g/mol. The highest BCUT2D eigenvalue weighted by Crippen LogP contribution is 2.33. The Morgan fingerprint density at radius 2 is 1.79 bits per heavy atom. The zero-order valence-corrected chi connectivity index (χ0v) is 17.3. The van der Waals surface area contributed by atoms with Gasteiger partial charge in [0.1, 0.15) is 0 Å². The molecule has 0 bridgehead atoms. The number of halogens is 2. The van der Waals surface area contributed by atoms with Crippen molar-refractivity contribution in [1.29, 1.82) is 0 Å². The molecule has 0 spiro atoms. The third-order valence-electron chi connectivity index (χ3n) is 5.32. The van der Waals surface area contributed by atoms with E-state index in [1.807, 2.05) is 31.2 Å².